The molecule has 0 aliphatic carbocycles. The summed E-state index contributed by atoms with van der Waals surface area (Å²) in [6, 6.07) is 5.60. The van der Waals surface area contributed by atoms with Crippen LogP contribution >= 0.6 is 0 Å². The second kappa shape index (κ2) is 5.99. The molecule has 5 nitrogen and oxygen atoms in total. The van der Waals surface area contributed by atoms with Crippen LogP contribution in [0.15, 0.2) is 24.3 Å². The highest BCUT2D eigenvalue weighted by molar-refractivity contribution is 5.83. The van der Waals surface area contributed by atoms with Crippen molar-refractivity contribution in [3.8, 4) is 6.07 Å². The number of carbonyl (C=O) groups is 1. The molecule has 0 radical (unpaired) electrons. The van der Waals surface area contributed by atoms with Crippen LogP contribution in [0.1, 0.15) is 24.4 Å². The third-order valence-corrected chi connectivity index (χ3v) is 3.61. The molecule has 0 aromatic heterocycles. The Morgan fingerprint density at radius 1 is 1.40 bits per heavy atom. The van der Waals surface area contributed by atoms with Crippen molar-refractivity contribution in [1.82, 2.24) is 4.90 Å². The fourth-order valence-electron chi connectivity index (χ4n) is 2.40. The molecule has 1 aromatic rings. The average Bonchev–Trinajstić information content (AvgIpc) is 2.94. The molecule has 1 fully saturated rings. The zero-order valence-corrected chi connectivity index (χ0v) is 11.0. The van der Waals surface area contributed by atoms with Gasteiger partial charge in [0.2, 0.25) is 5.91 Å². The fourth-order valence-corrected chi connectivity index (χ4v) is 2.40. The van der Waals surface area contributed by atoms with Crippen LogP contribution in [0.4, 0.5) is 4.39 Å². The van der Waals surface area contributed by atoms with Gasteiger partial charge in [-0.05, 0) is 30.5 Å². The van der Waals surface area contributed by atoms with Gasteiger partial charge in [0.25, 0.3) is 0 Å². The van der Waals surface area contributed by atoms with E-state index in [0.717, 1.165) is 6.42 Å². The molecule has 1 heterocycles. The Bertz CT molecular complexity index is 525. The molecular formula is C14H17FN4O. The molecule has 0 spiro atoms. The van der Waals surface area contributed by atoms with Crippen LogP contribution in [0.3, 0.4) is 0 Å². The fraction of sp³-hybridized carbons (Fsp3) is 0.429. The largest absolute Gasteiger partial charge is 0.325 e. The second-order valence-corrected chi connectivity index (χ2v) is 4.92. The topological polar surface area (TPSA) is 96.1 Å². The predicted octanol–water partition coefficient (Wildman–Crippen LogP) is 0.667. The third-order valence-electron chi connectivity index (χ3n) is 3.61. The highest BCUT2D eigenvalue weighted by Crippen LogP contribution is 2.21. The van der Waals surface area contributed by atoms with E-state index >= 15 is 0 Å². The molecule has 20 heavy (non-hydrogen) atoms. The lowest BCUT2D eigenvalue weighted by Gasteiger charge is -2.26. The first kappa shape index (κ1) is 14.4. The van der Waals surface area contributed by atoms with Crippen molar-refractivity contribution in [2.45, 2.75) is 31.0 Å². The summed E-state index contributed by atoms with van der Waals surface area (Å²) >= 11 is 0. The van der Waals surface area contributed by atoms with Crippen LogP contribution in [0.5, 0.6) is 0 Å². The van der Waals surface area contributed by atoms with Crippen LogP contribution < -0.4 is 11.5 Å². The SMILES string of the molecule is N#C[C@@H]1CCCN1C(=O)[C@@H](N)[C@@H](N)c1ccc(F)cc1. The Morgan fingerprint density at radius 3 is 2.65 bits per heavy atom. The molecule has 6 heteroatoms. The Morgan fingerprint density at radius 2 is 2.05 bits per heavy atom. The highest BCUT2D eigenvalue weighted by atomic mass is 19.1. The van der Waals surface area contributed by atoms with Gasteiger partial charge in [-0.2, -0.15) is 5.26 Å². The van der Waals surface area contributed by atoms with E-state index in [1.54, 1.807) is 0 Å². The van der Waals surface area contributed by atoms with Gasteiger partial charge >= 0.3 is 0 Å². The number of rotatable bonds is 3. The van der Waals surface area contributed by atoms with E-state index in [1.807, 2.05) is 0 Å². The average molecular weight is 276 g/mol. The van der Waals surface area contributed by atoms with Crippen molar-refractivity contribution < 1.29 is 9.18 Å². The molecular weight excluding hydrogens is 259 g/mol. The van der Waals surface area contributed by atoms with Gasteiger partial charge in [-0.15, -0.1) is 0 Å². The summed E-state index contributed by atoms with van der Waals surface area (Å²) in [5.41, 5.74) is 12.5. The smallest absolute Gasteiger partial charge is 0.242 e. The van der Waals surface area contributed by atoms with Crippen LogP contribution in [0.2, 0.25) is 0 Å². The lowest BCUT2D eigenvalue weighted by Crippen LogP contribution is -2.50. The number of nitriles is 1. The minimum absolute atomic E-state index is 0.328. The number of nitrogens with two attached hydrogens (primary N) is 2. The molecule has 1 aliphatic rings. The standard InChI is InChI=1S/C14H17FN4O/c15-10-5-3-9(4-6-10)12(17)13(18)14(20)19-7-1-2-11(19)8-16/h3-6,11-13H,1-2,7,17-18H2/t11-,12-,13-/m0/s1. The van der Waals surface area contributed by atoms with Crippen molar-refractivity contribution in [3.05, 3.63) is 35.6 Å². The number of benzene rings is 1. The Kier molecular flexibility index (Phi) is 4.32. The minimum atomic E-state index is -0.936. The normalized spacial score (nSPS) is 21.3. The number of carbonyl (C=O) groups excluding carboxylic acids is 1. The van der Waals surface area contributed by atoms with Gasteiger partial charge in [-0.1, -0.05) is 12.1 Å². The van der Waals surface area contributed by atoms with Gasteiger partial charge in [0.15, 0.2) is 0 Å². The molecule has 4 N–H and O–H groups in total. The van der Waals surface area contributed by atoms with Crippen molar-refractivity contribution >= 4 is 5.91 Å². The Balaban J connectivity index is 2.10. The monoisotopic (exact) mass is 276 g/mol. The zero-order valence-electron chi connectivity index (χ0n) is 11.0. The van der Waals surface area contributed by atoms with Crippen LogP contribution in [-0.4, -0.2) is 29.4 Å². The molecule has 106 valence electrons. The molecule has 3 atom stereocenters. The van der Waals surface area contributed by atoms with Crippen LogP contribution in [0, 0.1) is 17.1 Å². The molecule has 0 saturated carbocycles. The van der Waals surface area contributed by atoms with E-state index in [9.17, 15) is 9.18 Å². The summed E-state index contributed by atoms with van der Waals surface area (Å²) < 4.78 is 12.9. The van der Waals surface area contributed by atoms with Gasteiger partial charge < -0.3 is 16.4 Å². The lowest BCUT2D eigenvalue weighted by molar-refractivity contribution is -0.133. The first-order valence-corrected chi connectivity index (χ1v) is 6.51. The highest BCUT2D eigenvalue weighted by Gasteiger charge is 2.34. The van der Waals surface area contributed by atoms with Crippen molar-refractivity contribution in [3.63, 3.8) is 0 Å². The summed E-state index contributed by atoms with van der Waals surface area (Å²) in [5, 5.41) is 9.00. The summed E-state index contributed by atoms with van der Waals surface area (Å²) in [5.74, 6) is -0.698. The number of likely N-dealkylation sites (tertiary alicyclic amines) is 1. The van der Waals surface area contributed by atoms with E-state index in [4.69, 9.17) is 16.7 Å². The van der Waals surface area contributed by atoms with Crippen molar-refractivity contribution in [2.24, 2.45) is 11.5 Å². The summed E-state index contributed by atoms with van der Waals surface area (Å²) in [7, 11) is 0. The number of nitrogens with zero attached hydrogens (tertiary/aromatic N) is 2. The molecule has 1 aromatic carbocycles. The maximum atomic E-state index is 12.9. The molecule has 0 bridgehead atoms. The van der Waals surface area contributed by atoms with Crippen LogP contribution in [-0.2, 0) is 4.79 Å². The van der Waals surface area contributed by atoms with E-state index < -0.39 is 18.1 Å². The Labute approximate surface area is 117 Å². The molecule has 1 aliphatic heterocycles. The van der Waals surface area contributed by atoms with Gasteiger partial charge in [0, 0.05) is 6.54 Å². The summed E-state index contributed by atoms with van der Waals surface area (Å²) in [6.45, 7) is 0.529. The third kappa shape index (κ3) is 2.79. The summed E-state index contributed by atoms with van der Waals surface area (Å²) in [4.78, 5) is 13.8. The van der Waals surface area contributed by atoms with Crippen molar-refractivity contribution in [2.75, 3.05) is 6.54 Å². The number of amides is 1. The zero-order chi connectivity index (χ0) is 14.7. The van der Waals surface area contributed by atoms with E-state index in [0.29, 0.717) is 18.5 Å². The van der Waals surface area contributed by atoms with Gasteiger partial charge in [-0.3, -0.25) is 4.79 Å². The van der Waals surface area contributed by atoms with Gasteiger partial charge in [0.05, 0.1) is 12.1 Å². The molecule has 1 amide bonds. The molecule has 0 unspecified atom stereocenters. The second-order valence-electron chi connectivity index (χ2n) is 4.92. The van der Waals surface area contributed by atoms with E-state index in [2.05, 4.69) is 6.07 Å². The van der Waals surface area contributed by atoms with Crippen molar-refractivity contribution in [1.29, 1.82) is 5.26 Å². The quantitative estimate of drug-likeness (QED) is 0.848. The molecule has 2 rings (SSSR count). The van der Waals surface area contributed by atoms with Gasteiger partial charge in [0.1, 0.15) is 17.9 Å². The molecule has 1 saturated heterocycles. The van der Waals surface area contributed by atoms with Crippen LogP contribution in [0.25, 0.3) is 0 Å². The predicted molar refractivity (Wildman–Crippen MR) is 71.7 cm³/mol. The maximum absolute atomic E-state index is 12.9. The minimum Gasteiger partial charge on any atom is -0.325 e. The van der Waals surface area contributed by atoms with Gasteiger partial charge in [-0.25, -0.2) is 4.39 Å². The number of halogens is 1. The first-order chi connectivity index (χ1) is 9.54. The van der Waals surface area contributed by atoms with E-state index in [1.165, 1.54) is 29.2 Å². The summed E-state index contributed by atoms with van der Waals surface area (Å²) in [6.07, 6.45) is 1.46. The van der Waals surface area contributed by atoms with E-state index in [-0.39, 0.29) is 11.7 Å². The number of hydrogen-bond acceptors (Lipinski definition) is 4. The maximum Gasteiger partial charge on any atom is 0.242 e. The lowest BCUT2D eigenvalue weighted by atomic mass is 9.99. The number of hydrogen-bond donors (Lipinski definition) is 2. The Hall–Kier alpha value is -1.97. The first-order valence-electron chi connectivity index (χ1n) is 6.51.